The van der Waals surface area contributed by atoms with Crippen LogP contribution in [0.1, 0.15) is 16.1 Å². The highest BCUT2D eigenvalue weighted by atomic mass is 16.4. The summed E-state index contributed by atoms with van der Waals surface area (Å²) in [5.74, 6) is -1.10. The van der Waals surface area contributed by atoms with Gasteiger partial charge in [-0.15, -0.1) is 0 Å². The number of nitrogens with zero attached hydrogens (tertiary/aromatic N) is 1. The number of hydrogen-bond donors (Lipinski definition) is 2. The van der Waals surface area contributed by atoms with Gasteiger partial charge in [0.15, 0.2) is 0 Å². The Morgan fingerprint density at radius 3 is 2.65 bits per heavy atom. The van der Waals surface area contributed by atoms with Crippen LogP contribution in [0.3, 0.4) is 0 Å². The molecule has 0 aliphatic heterocycles. The lowest BCUT2D eigenvalue weighted by atomic mass is 10.1. The number of carboxylic acids is 1. The number of carboxylic acid groups (broad SMARTS) is 1. The Morgan fingerprint density at radius 1 is 1.29 bits per heavy atom. The standard InChI is InChI=1S/C12H12N2O3/c15-11(16)10-8-13-12(17)14(10)7-6-9-4-2-1-3-5-9/h1-5,8H,6-7H2,(H,13,17)(H,15,16). The molecule has 5 nitrogen and oxygen atoms in total. The third-order valence-electron chi connectivity index (χ3n) is 2.55. The summed E-state index contributed by atoms with van der Waals surface area (Å²) in [7, 11) is 0. The van der Waals surface area contributed by atoms with Crippen molar-refractivity contribution in [1.29, 1.82) is 0 Å². The quantitative estimate of drug-likeness (QED) is 0.829. The van der Waals surface area contributed by atoms with Crippen molar-refractivity contribution in [2.45, 2.75) is 13.0 Å². The Balaban J connectivity index is 2.17. The number of benzene rings is 1. The van der Waals surface area contributed by atoms with Crippen LogP contribution >= 0.6 is 0 Å². The number of rotatable bonds is 4. The highest BCUT2D eigenvalue weighted by Crippen LogP contribution is 2.02. The summed E-state index contributed by atoms with van der Waals surface area (Å²) in [6.45, 7) is 0.355. The van der Waals surface area contributed by atoms with Gasteiger partial charge in [-0.3, -0.25) is 4.57 Å². The van der Waals surface area contributed by atoms with Crippen LogP contribution in [0.25, 0.3) is 0 Å². The van der Waals surface area contributed by atoms with Crippen molar-refractivity contribution < 1.29 is 9.90 Å². The second-order valence-corrected chi connectivity index (χ2v) is 3.67. The molecule has 2 aromatic rings. The monoisotopic (exact) mass is 232 g/mol. The van der Waals surface area contributed by atoms with Gasteiger partial charge in [0.1, 0.15) is 5.69 Å². The van der Waals surface area contributed by atoms with Gasteiger partial charge < -0.3 is 10.1 Å². The van der Waals surface area contributed by atoms with Gasteiger partial charge in [0, 0.05) is 12.7 Å². The Morgan fingerprint density at radius 2 is 2.00 bits per heavy atom. The third-order valence-corrected chi connectivity index (χ3v) is 2.55. The van der Waals surface area contributed by atoms with Gasteiger partial charge in [-0.25, -0.2) is 9.59 Å². The first kappa shape index (κ1) is 11.2. The second kappa shape index (κ2) is 4.69. The molecule has 1 aromatic heterocycles. The lowest BCUT2D eigenvalue weighted by molar-refractivity contribution is 0.0684. The molecule has 0 aliphatic carbocycles. The van der Waals surface area contributed by atoms with Crippen LogP contribution in [-0.4, -0.2) is 20.6 Å². The first-order chi connectivity index (χ1) is 8.18. The third kappa shape index (κ3) is 2.44. The van der Waals surface area contributed by atoms with E-state index in [0.29, 0.717) is 13.0 Å². The predicted octanol–water partition coefficient (Wildman–Crippen LogP) is 1.12. The van der Waals surface area contributed by atoms with E-state index in [1.807, 2.05) is 30.3 Å². The molecule has 0 saturated heterocycles. The summed E-state index contributed by atoms with van der Waals surface area (Å²) >= 11 is 0. The topological polar surface area (TPSA) is 75.1 Å². The lowest BCUT2D eigenvalue weighted by Crippen LogP contribution is -2.22. The van der Waals surface area contributed by atoms with E-state index in [2.05, 4.69) is 4.98 Å². The van der Waals surface area contributed by atoms with Crippen molar-refractivity contribution in [3.63, 3.8) is 0 Å². The molecule has 5 heteroatoms. The SMILES string of the molecule is O=C(O)c1c[nH]c(=O)n1CCc1ccccc1. The first-order valence-electron chi connectivity index (χ1n) is 5.24. The van der Waals surface area contributed by atoms with Crippen molar-refractivity contribution >= 4 is 5.97 Å². The minimum absolute atomic E-state index is 0.00840. The van der Waals surface area contributed by atoms with E-state index in [1.165, 1.54) is 10.8 Å². The molecule has 88 valence electrons. The fourth-order valence-electron chi connectivity index (χ4n) is 1.68. The molecule has 1 aromatic carbocycles. The molecule has 0 bridgehead atoms. The zero-order valence-corrected chi connectivity index (χ0v) is 9.09. The van der Waals surface area contributed by atoms with Gasteiger partial charge in [-0.2, -0.15) is 0 Å². The molecule has 0 saturated carbocycles. The van der Waals surface area contributed by atoms with Crippen LogP contribution in [0.5, 0.6) is 0 Å². The molecular formula is C12H12N2O3. The minimum Gasteiger partial charge on any atom is -0.477 e. The Labute approximate surface area is 97.3 Å². The molecule has 0 atom stereocenters. The number of H-pyrrole nitrogens is 1. The van der Waals surface area contributed by atoms with E-state index in [4.69, 9.17) is 5.11 Å². The summed E-state index contributed by atoms with van der Waals surface area (Å²) in [5, 5.41) is 8.90. The smallest absolute Gasteiger partial charge is 0.354 e. The normalized spacial score (nSPS) is 10.4. The molecule has 1 heterocycles. The van der Waals surface area contributed by atoms with E-state index in [0.717, 1.165) is 5.56 Å². The molecule has 0 aliphatic rings. The predicted molar refractivity (Wildman–Crippen MR) is 62.2 cm³/mol. The Kier molecular flexibility index (Phi) is 3.09. The summed E-state index contributed by atoms with van der Waals surface area (Å²) in [5.41, 5.74) is 0.668. The van der Waals surface area contributed by atoms with Crippen LogP contribution in [0.4, 0.5) is 0 Å². The van der Waals surface area contributed by atoms with Crippen LogP contribution in [0, 0.1) is 0 Å². The van der Waals surface area contributed by atoms with Crippen LogP contribution < -0.4 is 5.69 Å². The van der Waals surface area contributed by atoms with Crippen LogP contribution in [-0.2, 0) is 13.0 Å². The number of hydrogen-bond acceptors (Lipinski definition) is 2. The Hall–Kier alpha value is -2.30. The average molecular weight is 232 g/mol. The molecule has 2 rings (SSSR count). The van der Waals surface area contributed by atoms with Crippen molar-refractivity contribution in [3.05, 3.63) is 58.3 Å². The van der Waals surface area contributed by atoms with E-state index < -0.39 is 11.7 Å². The molecule has 0 unspecified atom stereocenters. The number of imidazole rings is 1. The Bertz CT molecular complexity index is 569. The highest BCUT2D eigenvalue weighted by Gasteiger charge is 2.12. The maximum Gasteiger partial charge on any atom is 0.354 e. The highest BCUT2D eigenvalue weighted by molar-refractivity contribution is 5.85. The number of aromatic nitrogens is 2. The van der Waals surface area contributed by atoms with Crippen LogP contribution in [0.15, 0.2) is 41.3 Å². The number of aryl methyl sites for hydroxylation is 1. The van der Waals surface area contributed by atoms with Crippen molar-refractivity contribution in [1.82, 2.24) is 9.55 Å². The van der Waals surface area contributed by atoms with E-state index in [1.54, 1.807) is 0 Å². The zero-order chi connectivity index (χ0) is 12.3. The largest absolute Gasteiger partial charge is 0.477 e. The van der Waals surface area contributed by atoms with Crippen molar-refractivity contribution in [3.8, 4) is 0 Å². The van der Waals surface area contributed by atoms with Crippen molar-refractivity contribution in [2.75, 3.05) is 0 Å². The van der Waals surface area contributed by atoms with Gasteiger partial charge in [0.2, 0.25) is 0 Å². The fourth-order valence-corrected chi connectivity index (χ4v) is 1.68. The number of carbonyl (C=O) groups is 1. The molecule has 0 amide bonds. The molecule has 0 radical (unpaired) electrons. The lowest BCUT2D eigenvalue weighted by Gasteiger charge is -2.04. The van der Waals surface area contributed by atoms with Gasteiger partial charge in [-0.1, -0.05) is 30.3 Å². The second-order valence-electron chi connectivity index (χ2n) is 3.67. The van der Waals surface area contributed by atoms with E-state index >= 15 is 0 Å². The maximum absolute atomic E-state index is 11.4. The van der Waals surface area contributed by atoms with Gasteiger partial charge in [-0.05, 0) is 12.0 Å². The molecule has 2 N–H and O–H groups in total. The molecular weight excluding hydrogens is 220 g/mol. The molecule has 17 heavy (non-hydrogen) atoms. The first-order valence-corrected chi connectivity index (χ1v) is 5.24. The molecule has 0 fully saturated rings. The maximum atomic E-state index is 11.4. The fraction of sp³-hybridized carbons (Fsp3) is 0.167. The molecule has 0 spiro atoms. The summed E-state index contributed by atoms with van der Waals surface area (Å²) in [6.07, 6.45) is 1.84. The average Bonchev–Trinajstić information content (AvgIpc) is 2.69. The van der Waals surface area contributed by atoms with Gasteiger partial charge in [0.05, 0.1) is 0 Å². The number of aromatic carboxylic acids is 1. The summed E-state index contributed by atoms with van der Waals surface area (Å²) in [4.78, 5) is 24.7. The minimum atomic E-state index is -1.10. The number of nitrogens with one attached hydrogen (secondary N) is 1. The van der Waals surface area contributed by atoms with Crippen LogP contribution in [0.2, 0.25) is 0 Å². The van der Waals surface area contributed by atoms with E-state index in [-0.39, 0.29) is 5.69 Å². The van der Waals surface area contributed by atoms with E-state index in [9.17, 15) is 9.59 Å². The van der Waals surface area contributed by atoms with Gasteiger partial charge >= 0.3 is 11.7 Å². The van der Waals surface area contributed by atoms with Crippen molar-refractivity contribution in [2.24, 2.45) is 0 Å². The number of aromatic amines is 1. The summed E-state index contributed by atoms with van der Waals surface area (Å²) < 4.78 is 1.23. The van der Waals surface area contributed by atoms with Gasteiger partial charge in [0.25, 0.3) is 0 Å². The zero-order valence-electron chi connectivity index (χ0n) is 9.09. The summed E-state index contributed by atoms with van der Waals surface area (Å²) in [6, 6.07) is 9.62.